The van der Waals surface area contributed by atoms with Gasteiger partial charge in [-0.1, -0.05) is 6.07 Å². The van der Waals surface area contributed by atoms with Crippen LogP contribution in [0.2, 0.25) is 0 Å². The maximum Gasteiger partial charge on any atom is 0.256 e. The zero-order valence-corrected chi connectivity index (χ0v) is 10.2. The van der Waals surface area contributed by atoms with Crippen molar-refractivity contribution in [3.63, 3.8) is 0 Å². The van der Waals surface area contributed by atoms with Gasteiger partial charge in [-0.05, 0) is 42.8 Å². The van der Waals surface area contributed by atoms with E-state index in [1.54, 1.807) is 19.1 Å². The number of benzene rings is 2. The highest BCUT2D eigenvalue weighted by molar-refractivity contribution is 6.05. The number of hydrogen-bond donors (Lipinski definition) is 2. The van der Waals surface area contributed by atoms with Crippen molar-refractivity contribution >= 4 is 17.3 Å². The van der Waals surface area contributed by atoms with Crippen molar-refractivity contribution < 1.29 is 13.6 Å². The van der Waals surface area contributed by atoms with Gasteiger partial charge < -0.3 is 11.1 Å². The number of rotatable bonds is 2. The van der Waals surface area contributed by atoms with Gasteiger partial charge in [0.2, 0.25) is 0 Å². The molecule has 0 radical (unpaired) electrons. The number of carbonyl (C=O) groups is 1. The second kappa shape index (κ2) is 5.06. The lowest BCUT2D eigenvalue weighted by Crippen LogP contribution is -2.15. The maximum atomic E-state index is 13.4. The molecule has 0 unspecified atom stereocenters. The van der Waals surface area contributed by atoms with E-state index in [-0.39, 0.29) is 5.69 Å². The van der Waals surface area contributed by atoms with Crippen molar-refractivity contribution in [3.8, 4) is 0 Å². The van der Waals surface area contributed by atoms with E-state index in [1.807, 2.05) is 0 Å². The summed E-state index contributed by atoms with van der Waals surface area (Å²) in [5.74, 6) is -2.60. The third-order valence-corrected chi connectivity index (χ3v) is 2.69. The van der Waals surface area contributed by atoms with Crippen LogP contribution >= 0.6 is 0 Å². The van der Waals surface area contributed by atoms with Crippen LogP contribution in [0.4, 0.5) is 20.2 Å². The number of carbonyl (C=O) groups excluding carboxylic acids is 1. The number of anilines is 2. The van der Waals surface area contributed by atoms with E-state index in [0.29, 0.717) is 16.8 Å². The van der Waals surface area contributed by atoms with Gasteiger partial charge in [-0.2, -0.15) is 0 Å². The predicted octanol–water partition coefficient (Wildman–Crippen LogP) is 3.11. The fourth-order valence-corrected chi connectivity index (χ4v) is 1.73. The Morgan fingerprint density at radius 3 is 2.63 bits per heavy atom. The highest BCUT2D eigenvalue weighted by Crippen LogP contribution is 2.19. The number of nitrogens with two attached hydrogens (primary N) is 1. The van der Waals surface area contributed by atoms with Gasteiger partial charge in [-0.3, -0.25) is 4.79 Å². The monoisotopic (exact) mass is 262 g/mol. The van der Waals surface area contributed by atoms with E-state index in [2.05, 4.69) is 5.32 Å². The molecule has 3 nitrogen and oxygen atoms in total. The molecule has 0 saturated heterocycles. The first kappa shape index (κ1) is 13.0. The SMILES string of the molecule is Cc1cc(N)ccc1C(=O)Nc1cccc(F)c1F. The van der Waals surface area contributed by atoms with Gasteiger partial charge in [-0.25, -0.2) is 8.78 Å². The third kappa shape index (κ3) is 2.70. The second-order valence-corrected chi connectivity index (χ2v) is 4.13. The Labute approximate surface area is 109 Å². The summed E-state index contributed by atoms with van der Waals surface area (Å²) in [6.07, 6.45) is 0. The van der Waals surface area contributed by atoms with E-state index in [1.165, 1.54) is 18.2 Å². The molecule has 0 fully saturated rings. The van der Waals surface area contributed by atoms with Crippen molar-refractivity contribution in [1.29, 1.82) is 0 Å². The Morgan fingerprint density at radius 1 is 1.21 bits per heavy atom. The zero-order chi connectivity index (χ0) is 14.0. The Kier molecular flexibility index (Phi) is 3.46. The van der Waals surface area contributed by atoms with Crippen molar-refractivity contribution in [3.05, 3.63) is 59.2 Å². The van der Waals surface area contributed by atoms with Gasteiger partial charge in [0, 0.05) is 11.3 Å². The van der Waals surface area contributed by atoms with E-state index < -0.39 is 17.5 Å². The van der Waals surface area contributed by atoms with Crippen LogP contribution in [0.15, 0.2) is 36.4 Å². The molecule has 19 heavy (non-hydrogen) atoms. The molecule has 98 valence electrons. The van der Waals surface area contributed by atoms with Crippen LogP contribution in [-0.2, 0) is 0 Å². The van der Waals surface area contributed by atoms with Crippen LogP contribution < -0.4 is 11.1 Å². The molecule has 0 aliphatic rings. The quantitative estimate of drug-likeness (QED) is 0.817. The van der Waals surface area contributed by atoms with Crippen LogP contribution in [-0.4, -0.2) is 5.91 Å². The van der Waals surface area contributed by atoms with Crippen molar-refractivity contribution in [2.24, 2.45) is 0 Å². The number of hydrogen-bond acceptors (Lipinski definition) is 2. The van der Waals surface area contributed by atoms with Crippen LogP contribution in [0, 0.1) is 18.6 Å². The number of halogens is 2. The van der Waals surface area contributed by atoms with Gasteiger partial charge >= 0.3 is 0 Å². The standard InChI is InChI=1S/C14H12F2N2O/c1-8-7-9(17)5-6-10(8)14(19)18-12-4-2-3-11(15)13(12)16/h2-7H,17H2,1H3,(H,18,19). The lowest BCUT2D eigenvalue weighted by Gasteiger charge is -2.09. The molecule has 0 bridgehead atoms. The summed E-state index contributed by atoms with van der Waals surface area (Å²) in [7, 11) is 0. The molecule has 0 aliphatic heterocycles. The Morgan fingerprint density at radius 2 is 1.95 bits per heavy atom. The largest absolute Gasteiger partial charge is 0.399 e. The summed E-state index contributed by atoms with van der Waals surface area (Å²) in [5.41, 5.74) is 6.94. The topological polar surface area (TPSA) is 55.1 Å². The summed E-state index contributed by atoms with van der Waals surface area (Å²) in [5, 5.41) is 2.33. The van der Waals surface area contributed by atoms with E-state index in [4.69, 9.17) is 5.73 Å². The number of nitrogens with one attached hydrogen (secondary N) is 1. The second-order valence-electron chi connectivity index (χ2n) is 4.13. The van der Waals surface area contributed by atoms with E-state index in [0.717, 1.165) is 6.07 Å². The highest BCUT2D eigenvalue weighted by atomic mass is 19.2. The number of amides is 1. The van der Waals surface area contributed by atoms with Crippen molar-refractivity contribution in [2.75, 3.05) is 11.1 Å². The van der Waals surface area contributed by atoms with Crippen LogP contribution in [0.1, 0.15) is 15.9 Å². The van der Waals surface area contributed by atoms with Crippen LogP contribution in [0.25, 0.3) is 0 Å². The lowest BCUT2D eigenvalue weighted by atomic mass is 10.1. The lowest BCUT2D eigenvalue weighted by molar-refractivity contribution is 0.102. The summed E-state index contributed by atoms with van der Waals surface area (Å²) in [4.78, 5) is 12.0. The average molecular weight is 262 g/mol. The fraction of sp³-hybridized carbons (Fsp3) is 0.0714. The first-order valence-electron chi connectivity index (χ1n) is 5.60. The maximum absolute atomic E-state index is 13.4. The van der Waals surface area contributed by atoms with Gasteiger partial charge in [0.05, 0.1) is 5.69 Å². The molecule has 0 aliphatic carbocycles. The molecule has 5 heteroatoms. The molecule has 2 rings (SSSR count). The Balaban J connectivity index is 2.28. The predicted molar refractivity (Wildman–Crippen MR) is 69.9 cm³/mol. The molecule has 0 heterocycles. The molecule has 0 aromatic heterocycles. The summed E-state index contributed by atoms with van der Waals surface area (Å²) in [6.45, 7) is 1.72. The molecule has 0 spiro atoms. The molecule has 3 N–H and O–H groups in total. The van der Waals surface area contributed by atoms with E-state index in [9.17, 15) is 13.6 Å². The van der Waals surface area contributed by atoms with Gasteiger partial charge in [0.15, 0.2) is 11.6 Å². The summed E-state index contributed by atoms with van der Waals surface area (Å²) in [6, 6.07) is 8.35. The average Bonchev–Trinajstić information content (AvgIpc) is 2.34. The minimum absolute atomic E-state index is 0.193. The molecule has 0 atom stereocenters. The van der Waals surface area contributed by atoms with Crippen LogP contribution in [0.5, 0.6) is 0 Å². The molecule has 0 saturated carbocycles. The molecule has 2 aromatic rings. The molecular weight excluding hydrogens is 250 g/mol. The minimum Gasteiger partial charge on any atom is -0.399 e. The third-order valence-electron chi connectivity index (χ3n) is 2.69. The zero-order valence-electron chi connectivity index (χ0n) is 10.2. The van der Waals surface area contributed by atoms with Crippen molar-refractivity contribution in [2.45, 2.75) is 6.92 Å². The summed E-state index contributed by atoms with van der Waals surface area (Å²) >= 11 is 0. The first-order chi connectivity index (χ1) is 8.99. The highest BCUT2D eigenvalue weighted by Gasteiger charge is 2.13. The normalized spacial score (nSPS) is 10.3. The fourth-order valence-electron chi connectivity index (χ4n) is 1.73. The summed E-state index contributed by atoms with van der Waals surface area (Å²) < 4.78 is 26.5. The Bertz CT molecular complexity index is 641. The van der Waals surface area contributed by atoms with E-state index >= 15 is 0 Å². The first-order valence-corrected chi connectivity index (χ1v) is 5.60. The van der Waals surface area contributed by atoms with Crippen molar-refractivity contribution in [1.82, 2.24) is 0 Å². The number of aryl methyl sites for hydroxylation is 1. The Hall–Kier alpha value is -2.43. The molecule has 1 amide bonds. The van der Waals surface area contributed by atoms with Gasteiger partial charge in [-0.15, -0.1) is 0 Å². The number of nitrogen functional groups attached to an aromatic ring is 1. The molecular formula is C14H12F2N2O. The molecule has 2 aromatic carbocycles. The minimum atomic E-state index is -1.08. The van der Waals surface area contributed by atoms with Gasteiger partial charge in [0.25, 0.3) is 5.91 Å². The smallest absolute Gasteiger partial charge is 0.256 e. The van der Waals surface area contributed by atoms with Crippen LogP contribution in [0.3, 0.4) is 0 Å². The van der Waals surface area contributed by atoms with Gasteiger partial charge in [0.1, 0.15) is 0 Å².